The average molecular weight is 319 g/mol. The third-order valence-corrected chi connectivity index (χ3v) is 3.67. The Morgan fingerprint density at radius 1 is 1.40 bits per heavy atom. The molecule has 0 unspecified atom stereocenters. The van der Waals surface area contributed by atoms with Gasteiger partial charge in [-0.1, -0.05) is 11.6 Å². The van der Waals surface area contributed by atoms with Crippen LogP contribution in [-0.4, -0.2) is 11.6 Å². The Labute approximate surface area is 124 Å². The van der Waals surface area contributed by atoms with Crippen LogP contribution in [0.15, 0.2) is 24.4 Å². The van der Waals surface area contributed by atoms with E-state index in [2.05, 4.69) is 15.0 Å². The molecule has 1 aromatic heterocycles. The number of ether oxygens (including phenoxy) is 1. The van der Waals surface area contributed by atoms with Gasteiger partial charge in [0.1, 0.15) is 5.75 Å². The predicted octanol–water partition coefficient (Wildman–Crippen LogP) is 4.00. The Hall–Kier alpha value is -1.24. The summed E-state index contributed by atoms with van der Waals surface area (Å²) in [6.07, 6.45) is 1.79. The minimum atomic E-state index is -2.85. The zero-order valence-corrected chi connectivity index (χ0v) is 12.3. The first-order valence-electron chi connectivity index (χ1n) is 5.90. The van der Waals surface area contributed by atoms with Crippen molar-refractivity contribution in [1.82, 2.24) is 10.3 Å². The molecular formula is C13H13ClF2N2OS. The van der Waals surface area contributed by atoms with Crippen molar-refractivity contribution in [2.45, 2.75) is 26.6 Å². The van der Waals surface area contributed by atoms with Crippen molar-refractivity contribution >= 4 is 22.9 Å². The number of halogens is 3. The van der Waals surface area contributed by atoms with Crippen LogP contribution in [0.3, 0.4) is 0 Å². The van der Waals surface area contributed by atoms with Crippen molar-refractivity contribution in [3.8, 4) is 5.75 Å². The van der Waals surface area contributed by atoms with E-state index < -0.39 is 6.61 Å². The van der Waals surface area contributed by atoms with Gasteiger partial charge in [0.05, 0.1) is 5.01 Å². The minimum absolute atomic E-state index is 0.136. The molecule has 0 saturated heterocycles. The zero-order chi connectivity index (χ0) is 14.5. The maximum Gasteiger partial charge on any atom is 0.387 e. The second-order valence-corrected chi connectivity index (χ2v) is 5.84. The van der Waals surface area contributed by atoms with Gasteiger partial charge in [-0.15, -0.1) is 11.3 Å². The molecule has 0 atom stereocenters. The van der Waals surface area contributed by atoms with Crippen molar-refractivity contribution in [2.24, 2.45) is 0 Å². The Kier molecular flexibility index (Phi) is 5.28. The third-order valence-electron chi connectivity index (χ3n) is 2.52. The smallest absolute Gasteiger partial charge is 0.387 e. The SMILES string of the molecule is Cc1ncc(CNCc2cc(Cl)ccc2OC(F)F)s1. The number of aromatic nitrogens is 1. The normalized spacial score (nSPS) is 11.1. The molecular weight excluding hydrogens is 306 g/mol. The number of alkyl halides is 2. The summed E-state index contributed by atoms with van der Waals surface area (Å²) < 4.78 is 29.1. The number of nitrogens with zero attached hydrogens (tertiary/aromatic N) is 1. The highest BCUT2D eigenvalue weighted by Crippen LogP contribution is 2.24. The summed E-state index contributed by atoms with van der Waals surface area (Å²) in [5.41, 5.74) is 0.596. The van der Waals surface area contributed by atoms with Crippen LogP contribution in [0.1, 0.15) is 15.4 Å². The molecule has 0 bridgehead atoms. The predicted molar refractivity (Wildman–Crippen MR) is 75.5 cm³/mol. The van der Waals surface area contributed by atoms with Crippen LogP contribution in [0, 0.1) is 6.92 Å². The van der Waals surface area contributed by atoms with Crippen LogP contribution < -0.4 is 10.1 Å². The van der Waals surface area contributed by atoms with Crippen LogP contribution >= 0.6 is 22.9 Å². The Bertz CT molecular complexity index is 577. The lowest BCUT2D eigenvalue weighted by molar-refractivity contribution is -0.0505. The van der Waals surface area contributed by atoms with Crippen LogP contribution in [0.25, 0.3) is 0 Å². The molecule has 2 rings (SSSR count). The van der Waals surface area contributed by atoms with E-state index in [1.165, 1.54) is 12.1 Å². The van der Waals surface area contributed by atoms with E-state index in [1.807, 2.05) is 6.92 Å². The van der Waals surface area contributed by atoms with E-state index in [9.17, 15) is 8.78 Å². The zero-order valence-electron chi connectivity index (χ0n) is 10.7. The molecule has 1 aromatic carbocycles. The number of hydrogen-bond donors (Lipinski definition) is 1. The fraction of sp³-hybridized carbons (Fsp3) is 0.308. The molecule has 2 aromatic rings. The van der Waals surface area contributed by atoms with E-state index in [4.69, 9.17) is 11.6 Å². The lowest BCUT2D eigenvalue weighted by atomic mass is 10.2. The molecule has 0 spiro atoms. The molecule has 1 N–H and O–H groups in total. The van der Waals surface area contributed by atoms with Gasteiger partial charge in [-0.2, -0.15) is 8.78 Å². The molecule has 0 aliphatic rings. The average Bonchev–Trinajstić information content (AvgIpc) is 2.78. The molecule has 0 aliphatic carbocycles. The molecule has 3 nitrogen and oxygen atoms in total. The van der Waals surface area contributed by atoms with Gasteiger partial charge in [-0.25, -0.2) is 4.98 Å². The third kappa shape index (κ3) is 4.40. The molecule has 0 saturated carbocycles. The number of thiazole rings is 1. The van der Waals surface area contributed by atoms with Crippen molar-refractivity contribution in [3.05, 3.63) is 44.9 Å². The molecule has 0 fully saturated rings. The second kappa shape index (κ2) is 6.97. The summed E-state index contributed by atoms with van der Waals surface area (Å²) in [6.45, 7) is 0.0878. The second-order valence-electron chi connectivity index (χ2n) is 4.08. The van der Waals surface area contributed by atoms with Gasteiger partial charge in [-0.05, 0) is 25.1 Å². The van der Waals surface area contributed by atoms with Crippen molar-refractivity contribution in [3.63, 3.8) is 0 Å². The van der Waals surface area contributed by atoms with Gasteiger partial charge in [0.15, 0.2) is 0 Å². The Morgan fingerprint density at radius 2 is 2.20 bits per heavy atom. The topological polar surface area (TPSA) is 34.2 Å². The molecule has 0 amide bonds. The maximum atomic E-state index is 12.3. The molecule has 20 heavy (non-hydrogen) atoms. The van der Waals surface area contributed by atoms with Gasteiger partial charge in [0, 0.05) is 34.7 Å². The van der Waals surface area contributed by atoms with Gasteiger partial charge in [-0.3, -0.25) is 0 Å². The first-order valence-corrected chi connectivity index (χ1v) is 7.09. The number of hydrogen-bond acceptors (Lipinski definition) is 4. The lowest BCUT2D eigenvalue weighted by Gasteiger charge is -2.11. The number of benzene rings is 1. The summed E-state index contributed by atoms with van der Waals surface area (Å²) in [7, 11) is 0. The van der Waals surface area contributed by atoms with E-state index >= 15 is 0 Å². The number of aryl methyl sites for hydroxylation is 1. The van der Waals surface area contributed by atoms with Gasteiger partial charge in [0.25, 0.3) is 0 Å². The van der Waals surface area contributed by atoms with E-state index in [1.54, 1.807) is 23.6 Å². The first-order chi connectivity index (χ1) is 9.54. The van der Waals surface area contributed by atoms with Gasteiger partial charge < -0.3 is 10.1 Å². The van der Waals surface area contributed by atoms with Crippen molar-refractivity contribution < 1.29 is 13.5 Å². The largest absolute Gasteiger partial charge is 0.434 e. The Balaban J connectivity index is 1.98. The minimum Gasteiger partial charge on any atom is -0.434 e. The molecule has 108 valence electrons. The summed E-state index contributed by atoms with van der Waals surface area (Å²) >= 11 is 7.46. The fourth-order valence-corrected chi connectivity index (χ4v) is 2.66. The van der Waals surface area contributed by atoms with E-state index in [0.717, 1.165) is 9.88 Å². The molecule has 7 heteroatoms. The van der Waals surface area contributed by atoms with Crippen LogP contribution in [0.4, 0.5) is 8.78 Å². The van der Waals surface area contributed by atoms with Crippen molar-refractivity contribution in [2.75, 3.05) is 0 Å². The Morgan fingerprint density at radius 3 is 2.85 bits per heavy atom. The molecule has 1 heterocycles. The van der Waals surface area contributed by atoms with Crippen LogP contribution in [0.2, 0.25) is 5.02 Å². The fourth-order valence-electron chi connectivity index (χ4n) is 1.70. The lowest BCUT2D eigenvalue weighted by Crippen LogP contribution is -2.14. The number of nitrogens with one attached hydrogen (secondary N) is 1. The van der Waals surface area contributed by atoms with Gasteiger partial charge >= 0.3 is 6.61 Å². The molecule has 0 aliphatic heterocycles. The highest BCUT2D eigenvalue weighted by atomic mass is 35.5. The summed E-state index contributed by atoms with van der Waals surface area (Å²) in [5, 5.41) is 4.63. The quantitative estimate of drug-likeness (QED) is 0.874. The number of rotatable bonds is 6. The summed E-state index contributed by atoms with van der Waals surface area (Å²) in [5.74, 6) is 0.136. The monoisotopic (exact) mass is 318 g/mol. The summed E-state index contributed by atoms with van der Waals surface area (Å²) in [4.78, 5) is 5.23. The summed E-state index contributed by atoms with van der Waals surface area (Å²) in [6, 6.07) is 4.59. The highest BCUT2D eigenvalue weighted by Gasteiger charge is 2.10. The van der Waals surface area contributed by atoms with Gasteiger partial charge in [0.2, 0.25) is 0 Å². The van der Waals surface area contributed by atoms with E-state index in [0.29, 0.717) is 23.7 Å². The standard InChI is InChI=1S/C13H13ClF2N2OS/c1-8-18-7-11(20-8)6-17-5-9-4-10(14)2-3-12(9)19-13(15)16/h2-4,7,13,17H,5-6H2,1H3. The van der Waals surface area contributed by atoms with Crippen LogP contribution in [0.5, 0.6) is 5.75 Å². The molecule has 0 radical (unpaired) electrons. The van der Waals surface area contributed by atoms with E-state index in [-0.39, 0.29) is 5.75 Å². The highest BCUT2D eigenvalue weighted by molar-refractivity contribution is 7.11. The van der Waals surface area contributed by atoms with Crippen molar-refractivity contribution in [1.29, 1.82) is 0 Å². The maximum absolute atomic E-state index is 12.3. The van der Waals surface area contributed by atoms with Crippen LogP contribution in [-0.2, 0) is 13.1 Å². The first kappa shape index (κ1) is 15.2.